The SMILES string of the molecule is CCCNc1cc(N2CCCN(C)C(=O)C2)nc(N)n1. The average Bonchev–Trinajstić information content (AvgIpc) is 2.58. The number of hydrogen-bond donors (Lipinski definition) is 2. The zero-order valence-electron chi connectivity index (χ0n) is 12.1. The van der Waals surface area contributed by atoms with Gasteiger partial charge in [-0.3, -0.25) is 4.79 Å². The molecule has 0 spiro atoms. The Morgan fingerprint density at radius 1 is 1.40 bits per heavy atom. The van der Waals surface area contributed by atoms with Gasteiger partial charge in [-0.25, -0.2) is 0 Å². The highest BCUT2D eigenvalue weighted by molar-refractivity contribution is 5.81. The molecule has 0 bridgehead atoms. The van der Waals surface area contributed by atoms with Gasteiger partial charge < -0.3 is 20.9 Å². The Morgan fingerprint density at radius 3 is 2.95 bits per heavy atom. The molecule has 0 aromatic carbocycles. The third kappa shape index (κ3) is 3.49. The highest BCUT2D eigenvalue weighted by Crippen LogP contribution is 2.18. The molecule has 1 aliphatic rings. The molecule has 1 aromatic heterocycles. The van der Waals surface area contributed by atoms with E-state index in [1.54, 1.807) is 4.90 Å². The molecule has 2 rings (SSSR count). The standard InChI is InChI=1S/C13H22N6O/c1-3-5-15-10-8-11(17-13(14)16-10)19-7-4-6-18(2)12(20)9-19/h8H,3-7,9H2,1-2H3,(H3,14,15,16,17). The van der Waals surface area contributed by atoms with E-state index in [-0.39, 0.29) is 11.9 Å². The van der Waals surface area contributed by atoms with Gasteiger partial charge in [0.25, 0.3) is 0 Å². The van der Waals surface area contributed by atoms with E-state index >= 15 is 0 Å². The molecule has 110 valence electrons. The monoisotopic (exact) mass is 278 g/mol. The Bertz CT molecular complexity index is 478. The van der Waals surface area contributed by atoms with E-state index in [1.165, 1.54) is 0 Å². The lowest BCUT2D eigenvalue weighted by Crippen LogP contribution is -2.34. The Morgan fingerprint density at radius 2 is 2.20 bits per heavy atom. The molecule has 20 heavy (non-hydrogen) atoms. The third-order valence-corrected chi connectivity index (χ3v) is 3.28. The number of anilines is 3. The van der Waals surface area contributed by atoms with Crippen LogP contribution in [0.15, 0.2) is 6.07 Å². The van der Waals surface area contributed by atoms with Crippen LogP contribution < -0.4 is 16.0 Å². The van der Waals surface area contributed by atoms with Crippen LogP contribution in [0.3, 0.4) is 0 Å². The van der Waals surface area contributed by atoms with Crippen LogP contribution in [-0.4, -0.2) is 54.0 Å². The summed E-state index contributed by atoms with van der Waals surface area (Å²) in [4.78, 5) is 24.0. The van der Waals surface area contributed by atoms with Gasteiger partial charge in [-0.05, 0) is 12.8 Å². The predicted octanol–water partition coefficient (Wildman–Crippen LogP) is 0.549. The lowest BCUT2D eigenvalue weighted by Gasteiger charge is -2.21. The number of likely N-dealkylation sites (N-methyl/N-ethyl adjacent to an activating group) is 1. The van der Waals surface area contributed by atoms with Crippen molar-refractivity contribution < 1.29 is 4.79 Å². The number of hydrogen-bond acceptors (Lipinski definition) is 6. The maximum absolute atomic E-state index is 11.9. The second kappa shape index (κ2) is 6.40. The van der Waals surface area contributed by atoms with E-state index in [0.717, 1.165) is 32.5 Å². The molecular weight excluding hydrogens is 256 g/mol. The van der Waals surface area contributed by atoms with E-state index in [1.807, 2.05) is 18.0 Å². The molecule has 0 aliphatic carbocycles. The molecule has 7 nitrogen and oxygen atoms in total. The molecule has 0 unspecified atom stereocenters. The summed E-state index contributed by atoms with van der Waals surface area (Å²) in [6.45, 7) is 4.82. The molecule has 1 saturated heterocycles. The normalized spacial score (nSPS) is 16.2. The molecule has 0 atom stereocenters. The molecule has 1 aliphatic heterocycles. The first-order valence-electron chi connectivity index (χ1n) is 6.97. The highest BCUT2D eigenvalue weighted by Gasteiger charge is 2.20. The first-order chi connectivity index (χ1) is 9.60. The van der Waals surface area contributed by atoms with Gasteiger partial charge in [-0.2, -0.15) is 9.97 Å². The van der Waals surface area contributed by atoms with Crippen molar-refractivity contribution in [2.24, 2.45) is 0 Å². The van der Waals surface area contributed by atoms with Gasteiger partial charge in [0, 0.05) is 32.7 Å². The molecule has 3 N–H and O–H groups in total. The average molecular weight is 278 g/mol. The fraction of sp³-hybridized carbons (Fsp3) is 0.615. The van der Waals surface area contributed by atoms with Crippen LogP contribution in [-0.2, 0) is 4.79 Å². The lowest BCUT2D eigenvalue weighted by atomic mass is 10.3. The number of nitrogen functional groups attached to an aromatic ring is 1. The van der Waals surface area contributed by atoms with Crippen molar-refractivity contribution in [1.29, 1.82) is 0 Å². The van der Waals surface area contributed by atoms with E-state index in [2.05, 4.69) is 22.2 Å². The van der Waals surface area contributed by atoms with Gasteiger partial charge in [0.1, 0.15) is 11.6 Å². The smallest absolute Gasteiger partial charge is 0.241 e. The van der Waals surface area contributed by atoms with Gasteiger partial charge in [0.05, 0.1) is 6.54 Å². The minimum atomic E-state index is 0.0998. The number of aromatic nitrogens is 2. The Kier molecular flexibility index (Phi) is 4.60. The second-order valence-electron chi connectivity index (χ2n) is 4.99. The Balaban J connectivity index is 2.18. The van der Waals surface area contributed by atoms with Crippen molar-refractivity contribution in [1.82, 2.24) is 14.9 Å². The summed E-state index contributed by atoms with van der Waals surface area (Å²) in [6, 6.07) is 1.85. The van der Waals surface area contributed by atoms with Crippen molar-refractivity contribution in [3.63, 3.8) is 0 Å². The van der Waals surface area contributed by atoms with Gasteiger partial charge in [-0.1, -0.05) is 6.92 Å². The molecule has 7 heteroatoms. The van der Waals surface area contributed by atoms with Gasteiger partial charge >= 0.3 is 0 Å². The number of carbonyl (C=O) groups is 1. The van der Waals surface area contributed by atoms with Crippen molar-refractivity contribution >= 4 is 23.5 Å². The molecule has 2 heterocycles. The summed E-state index contributed by atoms with van der Waals surface area (Å²) < 4.78 is 0. The van der Waals surface area contributed by atoms with Crippen molar-refractivity contribution in [3.05, 3.63) is 6.07 Å². The number of carbonyl (C=O) groups excluding carboxylic acids is 1. The number of nitrogens with one attached hydrogen (secondary N) is 1. The van der Waals surface area contributed by atoms with Crippen LogP contribution in [0.25, 0.3) is 0 Å². The summed E-state index contributed by atoms with van der Waals surface area (Å²) in [5.74, 6) is 1.74. The fourth-order valence-electron chi connectivity index (χ4n) is 2.14. The quantitative estimate of drug-likeness (QED) is 0.836. The third-order valence-electron chi connectivity index (χ3n) is 3.28. The Labute approximate surface area is 119 Å². The molecule has 0 radical (unpaired) electrons. The van der Waals surface area contributed by atoms with E-state index < -0.39 is 0 Å². The summed E-state index contributed by atoms with van der Waals surface area (Å²) in [7, 11) is 1.83. The minimum Gasteiger partial charge on any atom is -0.370 e. The molecule has 0 saturated carbocycles. The minimum absolute atomic E-state index is 0.0998. The van der Waals surface area contributed by atoms with E-state index in [9.17, 15) is 4.79 Å². The number of rotatable bonds is 4. The zero-order valence-corrected chi connectivity index (χ0v) is 12.1. The van der Waals surface area contributed by atoms with Crippen molar-refractivity contribution in [2.75, 3.05) is 49.2 Å². The Hall–Kier alpha value is -2.05. The molecular formula is C13H22N6O. The van der Waals surface area contributed by atoms with Crippen molar-refractivity contribution in [2.45, 2.75) is 19.8 Å². The summed E-state index contributed by atoms with van der Waals surface area (Å²) in [5, 5.41) is 3.20. The maximum atomic E-state index is 11.9. The van der Waals surface area contributed by atoms with Gasteiger partial charge in [0.15, 0.2) is 0 Å². The van der Waals surface area contributed by atoms with Gasteiger partial charge in [0.2, 0.25) is 11.9 Å². The fourth-order valence-corrected chi connectivity index (χ4v) is 2.14. The van der Waals surface area contributed by atoms with Crippen LogP contribution >= 0.6 is 0 Å². The van der Waals surface area contributed by atoms with Crippen LogP contribution in [0.4, 0.5) is 17.6 Å². The molecule has 1 amide bonds. The first kappa shape index (κ1) is 14.4. The number of nitrogens with two attached hydrogens (primary N) is 1. The molecule has 1 fully saturated rings. The lowest BCUT2D eigenvalue weighted by molar-refractivity contribution is -0.127. The van der Waals surface area contributed by atoms with Crippen molar-refractivity contribution in [3.8, 4) is 0 Å². The van der Waals surface area contributed by atoms with Crippen LogP contribution in [0, 0.1) is 0 Å². The summed E-state index contributed by atoms with van der Waals surface area (Å²) >= 11 is 0. The van der Waals surface area contributed by atoms with E-state index in [4.69, 9.17) is 5.73 Å². The van der Waals surface area contributed by atoms with E-state index in [0.29, 0.717) is 18.2 Å². The first-order valence-corrected chi connectivity index (χ1v) is 6.97. The predicted molar refractivity (Wildman–Crippen MR) is 79.7 cm³/mol. The van der Waals surface area contributed by atoms with Crippen LogP contribution in [0.1, 0.15) is 19.8 Å². The topological polar surface area (TPSA) is 87.4 Å². The summed E-state index contributed by atoms with van der Waals surface area (Å²) in [5.41, 5.74) is 5.75. The zero-order chi connectivity index (χ0) is 14.5. The second-order valence-corrected chi connectivity index (χ2v) is 4.99. The number of nitrogens with zero attached hydrogens (tertiary/aromatic N) is 4. The molecule has 1 aromatic rings. The van der Waals surface area contributed by atoms with Crippen LogP contribution in [0.5, 0.6) is 0 Å². The highest BCUT2D eigenvalue weighted by atomic mass is 16.2. The van der Waals surface area contributed by atoms with Gasteiger partial charge in [-0.15, -0.1) is 0 Å². The van der Waals surface area contributed by atoms with Crippen LogP contribution in [0.2, 0.25) is 0 Å². The maximum Gasteiger partial charge on any atom is 0.241 e. The largest absolute Gasteiger partial charge is 0.370 e. The number of amides is 1. The summed E-state index contributed by atoms with van der Waals surface area (Å²) in [6.07, 6.45) is 1.93.